The second-order valence-corrected chi connectivity index (χ2v) is 14.7. The summed E-state index contributed by atoms with van der Waals surface area (Å²) >= 11 is 0. The van der Waals surface area contributed by atoms with E-state index in [9.17, 15) is 9.59 Å². The third-order valence-electron chi connectivity index (χ3n) is 10.9. The highest BCUT2D eigenvalue weighted by molar-refractivity contribution is 6.02. The Bertz CT molecular complexity index is 1850. The number of hydrogen-bond acceptors (Lipinski definition) is 8. The summed E-state index contributed by atoms with van der Waals surface area (Å²) < 4.78 is 8.10. The molecule has 4 aromatic rings. The molecular formula is C39H48N8O3. The number of nitrogens with one attached hydrogen (secondary N) is 2. The predicted molar refractivity (Wildman–Crippen MR) is 196 cm³/mol. The molecule has 0 spiro atoms. The summed E-state index contributed by atoms with van der Waals surface area (Å²) in [4.78, 5) is 36.8. The van der Waals surface area contributed by atoms with Crippen LogP contribution in [-0.4, -0.2) is 62.6 Å². The van der Waals surface area contributed by atoms with E-state index < -0.39 is 0 Å². The largest absolute Gasteiger partial charge is 0.455 e. The fourth-order valence-electron chi connectivity index (χ4n) is 8.85. The van der Waals surface area contributed by atoms with Crippen LogP contribution in [0, 0.1) is 17.3 Å². The summed E-state index contributed by atoms with van der Waals surface area (Å²) in [5.74, 6) is 2.88. The summed E-state index contributed by atoms with van der Waals surface area (Å²) in [6.45, 7) is 9.26. The zero-order valence-electron chi connectivity index (χ0n) is 28.9. The Labute approximate surface area is 293 Å². The second-order valence-electron chi connectivity index (χ2n) is 14.7. The molecule has 1 aliphatic heterocycles. The molecule has 2 saturated carbocycles. The van der Waals surface area contributed by atoms with Crippen molar-refractivity contribution in [2.45, 2.75) is 70.8 Å². The molecule has 3 aliphatic rings. The molecule has 2 bridgehead atoms. The molecule has 11 heteroatoms. The van der Waals surface area contributed by atoms with Crippen LogP contribution in [0.3, 0.4) is 0 Å². The number of anilines is 2. The average molecular weight is 677 g/mol. The van der Waals surface area contributed by atoms with Gasteiger partial charge in [0.1, 0.15) is 23.6 Å². The van der Waals surface area contributed by atoms with Crippen LogP contribution in [0.1, 0.15) is 70.8 Å². The summed E-state index contributed by atoms with van der Waals surface area (Å²) in [6.07, 6.45) is 12.8. The number of nitrogens with zero attached hydrogens (tertiary/aromatic N) is 5. The standard InChI is InChI=1S/C39H48N8O3/c1-3-33(48)44-31-21-28(11-12-32(31)50-30-9-5-4-6-10-30)36-35-37(40)42-25-43-38(35)47(45-36)29-13-17-46(18-14-29)19-16-41-34(49)24-39-15-7-8-27(23-39)20-26(2)22-39/h3-6,9-12,21,25-27,29H,1,7-8,13-20,22-24H2,2H3,(H,41,49)(H,44,48)(H2,40,42,43). The SMILES string of the molecule is C=CC(=O)Nc1cc(-c2nn(C3CCN(CCNC(=O)CC45CCCC(CC(C)C4)C5)CC3)c3ncnc(N)c23)ccc1Oc1ccccc1. The maximum atomic E-state index is 13.1. The molecule has 1 saturated heterocycles. The zero-order valence-corrected chi connectivity index (χ0v) is 28.9. The van der Waals surface area contributed by atoms with E-state index in [2.05, 4.69) is 39.0 Å². The lowest BCUT2D eigenvalue weighted by Gasteiger charge is -2.47. The monoisotopic (exact) mass is 676 g/mol. The van der Waals surface area contributed by atoms with Gasteiger partial charge >= 0.3 is 0 Å². The van der Waals surface area contributed by atoms with Gasteiger partial charge in [-0.1, -0.05) is 44.5 Å². The van der Waals surface area contributed by atoms with Crippen LogP contribution in [0.4, 0.5) is 11.5 Å². The van der Waals surface area contributed by atoms with Gasteiger partial charge in [0, 0.05) is 38.2 Å². The Hall–Kier alpha value is -4.77. The van der Waals surface area contributed by atoms with Crippen LogP contribution in [-0.2, 0) is 9.59 Å². The minimum atomic E-state index is -0.356. The fraction of sp³-hybridized carbons (Fsp3) is 0.462. The third kappa shape index (κ3) is 7.38. The molecule has 2 aromatic carbocycles. The van der Waals surface area contributed by atoms with E-state index in [-0.39, 0.29) is 23.3 Å². The first-order valence-corrected chi connectivity index (χ1v) is 18.1. The molecular weight excluding hydrogens is 628 g/mol. The van der Waals surface area contributed by atoms with Crippen molar-refractivity contribution in [3.63, 3.8) is 0 Å². The second kappa shape index (κ2) is 14.6. The van der Waals surface area contributed by atoms with Crippen molar-refractivity contribution in [3.05, 3.63) is 67.5 Å². The van der Waals surface area contributed by atoms with Crippen molar-refractivity contribution in [1.82, 2.24) is 30.0 Å². The molecule has 3 fully saturated rings. The molecule has 3 atom stereocenters. The summed E-state index contributed by atoms with van der Waals surface area (Å²) in [5, 5.41) is 11.9. The number of aromatic nitrogens is 4. The lowest BCUT2D eigenvalue weighted by molar-refractivity contribution is -0.125. The van der Waals surface area contributed by atoms with Gasteiger partial charge in [-0.05, 0) is 92.2 Å². The average Bonchev–Trinajstić information content (AvgIpc) is 3.50. The molecule has 50 heavy (non-hydrogen) atoms. The van der Waals surface area contributed by atoms with Crippen molar-refractivity contribution in [2.75, 3.05) is 37.2 Å². The molecule has 2 aromatic heterocycles. The zero-order chi connectivity index (χ0) is 34.7. The van der Waals surface area contributed by atoms with Gasteiger partial charge in [0.25, 0.3) is 0 Å². The first kappa shape index (κ1) is 33.7. The number of likely N-dealkylation sites (tertiary alicyclic amines) is 1. The van der Waals surface area contributed by atoms with Crippen molar-refractivity contribution in [3.8, 4) is 22.8 Å². The smallest absolute Gasteiger partial charge is 0.247 e. The quantitative estimate of drug-likeness (QED) is 0.148. The number of rotatable bonds is 11. The topological polar surface area (TPSA) is 140 Å². The van der Waals surface area contributed by atoms with Crippen LogP contribution < -0.4 is 21.1 Å². The third-order valence-corrected chi connectivity index (χ3v) is 10.9. The number of fused-ring (bicyclic) bond motifs is 3. The van der Waals surface area contributed by atoms with Crippen LogP contribution in [0.5, 0.6) is 11.5 Å². The Kier molecular flexibility index (Phi) is 9.85. The van der Waals surface area contributed by atoms with Crippen LogP contribution in [0.25, 0.3) is 22.3 Å². The van der Waals surface area contributed by atoms with Crippen molar-refractivity contribution in [1.29, 1.82) is 0 Å². The first-order chi connectivity index (χ1) is 24.3. The van der Waals surface area contributed by atoms with Gasteiger partial charge in [-0.15, -0.1) is 0 Å². The van der Waals surface area contributed by atoms with Crippen molar-refractivity contribution in [2.24, 2.45) is 17.3 Å². The summed E-state index contributed by atoms with van der Waals surface area (Å²) in [7, 11) is 0. The molecule has 2 amide bonds. The highest BCUT2D eigenvalue weighted by Gasteiger charge is 2.43. The predicted octanol–water partition coefficient (Wildman–Crippen LogP) is 6.74. The number of carbonyl (C=O) groups is 2. The highest BCUT2D eigenvalue weighted by Crippen LogP contribution is 2.52. The maximum absolute atomic E-state index is 13.1. The van der Waals surface area contributed by atoms with E-state index >= 15 is 0 Å². The lowest BCUT2D eigenvalue weighted by atomic mass is 9.58. The molecule has 11 nitrogen and oxygen atoms in total. The number of piperidine rings is 1. The van der Waals surface area contributed by atoms with E-state index in [1.165, 1.54) is 50.9 Å². The molecule has 3 unspecified atom stereocenters. The van der Waals surface area contributed by atoms with Crippen LogP contribution >= 0.6 is 0 Å². The number of nitrogen functional groups attached to an aromatic ring is 1. The number of benzene rings is 2. The van der Waals surface area contributed by atoms with Crippen molar-refractivity contribution < 1.29 is 14.3 Å². The minimum Gasteiger partial charge on any atom is -0.455 e. The van der Waals surface area contributed by atoms with Gasteiger partial charge in [-0.2, -0.15) is 5.10 Å². The van der Waals surface area contributed by atoms with Gasteiger partial charge in [0.15, 0.2) is 11.4 Å². The van der Waals surface area contributed by atoms with Gasteiger partial charge < -0.3 is 26.0 Å². The Balaban J connectivity index is 1.02. The van der Waals surface area contributed by atoms with E-state index in [4.69, 9.17) is 15.6 Å². The van der Waals surface area contributed by atoms with Gasteiger partial charge in [0.05, 0.1) is 17.1 Å². The van der Waals surface area contributed by atoms with Gasteiger partial charge in [-0.25, -0.2) is 14.6 Å². The minimum absolute atomic E-state index is 0.124. The lowest BCUT2D eigenvalue weighted by Crippen LogP contribution is -2.43. The normalized spacial score (nSPS) is 22.6. The van der Waals surface area contributed by atoms with Crippen molar-refractivity contribution >= 4 is 34.4 Å². The molecule has 2 aliphatic carbocycles. The van der Waals surface area contributed by atoms with Gasteiger partial charge in [-0.3, -0.25) is 9.59 Å². The highest BCUT2D eigenvalue weighted by atomic mass is 16.5. The Morgan fingerprint density at radius 3 is 2.72 bits per heavy atom. The van der Waals surface area contributed by atoms with E-state index in [0.717, 1.165) is 49.9 Å². The van der Waals surface area contributed by atoms with E-state index in [1.807, 2.05) is 53.2 Å². The fourth-order valence-corrected chi connectivity index (χ4v) is 8.85. The van der Waals surface area contributed by atoms with E-state index in [0.29, 0.717) is 52.7 Å². The number of amides is 2. The van der Waals surface area contributed by atoms with E-state index in [1.54, 1.807) is 0 Å². The Morgan fingerprint density at radius 2 is 1.92 bits per heavy atom. The molecule has 4 N–H and O–H groups in total. The number of carbonyl (C=O) groups excluding carboxylic acids is 2. The Morgan fingerprint density at radius 1 is 1.10 bits per heavy atom. The molecule has 7 rings (SSSR count). The molecule has 3 heterocycles. The summed E-state index contributed by atoms with van der Waals surface area (Å²) in [6, 6.07) is 15.1. The molecule has 0 radical (unpaired) electrons. The number of nitrogens with two attached hydrogens (primary N) is 1. The first-order valence-electron chi connectivity index (χ1n) is 18.1. The number of para-hydroxylation sites is 1. The number of ether oxygens (including phenoxy) is 1. The molecule has 262 valence electrons. The van der Waals surface area contributed by atoms with Gasteiger partial charge in [0.2, 0.25) is 11.8 Å². The maximum Gasteiger partial charge on any atom is 0.247 e. The number of hydrogen-bond donors (Lipinski definition) is 3. The van der Waals surface area contributed by atoms with Crippen LogP contribution in [0.2, 0.25) is 0 Å². The summed E-state index contributed by atoms with van der Waals surface area (Å²) in [5.41, 5.74) is 9.21. The van der Waals surface area contributed by atoms with Crippen LogP contribution in [0.15, 0.2) is 67.5 Å².